The molecule has 7 heteroatoms. The van der Waals surface area contributed by atoms with Gasteiger partial charge >= 0.3 is 6.09 Å². The third kappa shape index (κ3) is 3.39. The maximum Gasteiger partial charge on any atom is 0.410 e. The summed E-state index contributed by atoms with van der Waals surface area (Å²) in [6, 6.07) is 6.26. The Hall–Kier alpha value is -2.44. The Morgan fingerprint density at radius 1 is 1.38 bits per heavy atom. The molecule has 0 saturated carbocycles. The van der Waals surface area contributed by atoms with Crippen molar-refractivity contribution < 1.29 is 9.53 Å². The van der Waals surface area contributed by atoms with E-state index < -0.39 is 5.60 Å². The van der Waals surface area contributed by atoms with E-state index in [1.807, 2.05) is 32.9 Å². The number of ether oxygens (including phenoxy) is 1. The smallest absolute Gasteiger partial charge is 0.410 e. The van der Waals surface area contributed by atoms with Crippen LogP contribution in [-0.2, 0) is 4.74 Å². The zero-order valence-corrected chi connectivity index (χ0v) is 14.7. The number of rotatable bonds is 1. The number of piperazine rings is 1. The molecule has 1 fully saturated rings. The molecule has 2 heterocycles. The van der Waals surface area contributed by atoms with Crippen molar-refractivity contribution in [2.45, 2.75) is 39.3 Å². The molecule has 130 valence electrons. The Balaban J connectivity index is 1.71. The Labute approximate surface area is 141 Å². The number of H-pyrrole nitrogens is 1. The maximum atomic E-state index is 12.2. The quantitative estimate of drug-likeness (QED) is 0.838. The van der Waals surface area contributed by atoms with E-state index in [4.69, 9.17) is 10.5 Å². The van der Waals surface area contributed by atoms with E-state index in [-0.39, 0.29) is 12.1 Å². The zero-order chi connectivity index (χ0) is 17.5. The molecule has 0 spiro atoms. The van der Waals surface area contributed by atoms with Crippen LogP contribution in [0.4, 0.5) is 16.4 Å². The van der Waals surface area contributed by atoms with Gasteiger partial charge in [0.25, 0.3) is 0 Å². The number of fused-ring (bicyclic) bond motifs is 1. The highest BCUT2D eigenvalue weighted by molar-refractivity contribution is 5.81. The lowest BCUT2D eigenvalue weighted by Crippen LogP contribution is -2.54. The van der Waals surface area contributed by atoms with Crippen molar-refractivity contribution in [3.05, 3.63) is 18.2 Å². The van der Waals surface area contributed by atoms with Crippen LogP contribution >= 0.6 is 0 Å². The molecule has 1 aromatic heterocycles. The minimum absolute atomic E-state index is 0.198. The molecule has 1 saturated heterocycles. The number of anilines is 2. The molecule has 1 atom stereocenters. The standard InChI is InChI=1S/C17H25N5O2/c1-11-10-21(16(23)24-17(2,3)4)7-8-22(11)12-5-6-13-14(9-12)20-15(18)19-13/h5-6,9,11H,7-8,10H2,1-4H3,(H3,18,19,20)/t11-/m0/s1. The molecule has 3 rings (SSSR count). The molecule has 0 bridgehead atoms. The summed E-state index contributed by atoms with van der Waals surface area (Å²) in [4.78, 5) is 23.6. The normalized spacial score (nSPS) is 18.9. The van der Waals surface area contributed by atoms with Crippen molar-refractivity contribution in [1.29, 1.82) is 0 Å². The molecule has 1 aliphatic heterocycles. The third-order valence-corrected chi connectivity index (χ3v) is 4.09. The number of nitrogens with one attached hydrogen (secondary N) is 1. The number of aromatic amines is 1. The van der Waals surface area contributed by atoms with E-state index >= 15 is 0 Å². The lowest BCUT2D eigenvalue weighted by Gasteiger charge is -2.41. The molecule has 1 amide bonds. The lowest BCUT2D eigenvalue weighted by molar-refractivity contribution is 0.0219. The summed E-state index contributed by atoms with van der Waals surface area (Å²) in [7, 11) is 0. The second-order valence-corrected chi connectivity index (χ2v) is 7.29. The van der Waals surface area contributed by atoms with Crippen LogP contribution in [0.1, 0.15) is 27.7 Å². The fourth-order valence-corrected chi connectivity index (χ4v) is 3.03. The number of aromatic nitrogens is 2. The molecular weight excluding hydrogens is 306 g/mol. The van der Waals surface area contributed by atoms with Gasteiger partial charge < -0.3 is 25.3 Å². The monoisotopic (exact) mass is 331 g/mol. The van der Waals surface area contributed by atoms with Crippen LogP contribution in [0.15, 0.2) is 18.2 Å². The van der Waals surface area contributed by atoms with Gasteiger partial charge in [-0.15, -0.1) is 0 Å². The van der Waals surface area contributed by atoms with Crippen LogP contribution in [0.2, 0.25) is 0 Å². The minimum Gasteiger partial charge on any atom is -0.444 e. The Kier molecular flexibility index (Phi) is 4.03. The number of benzene rings is 1. The van der Waals surface area contributed by atoms with Crippen molar-refractivity contribution in [2.75, 3.05) is 30.3 Å². The summed E-state index contributed by atoms with van der Waals surface area (Å²) < 4.78 is 5.47. The van der Waals surface area contributed by atoms with Crippen molar-refractivity contribution in [2.24, 2.45) is 0 Å². The molecule has 24 heavy (non-hydrogen) atoms. The second-order valence-electron chi connectivity index (χ2n) is 7.29. The number of carbonyl (C=O) groups excluding carboxylic acids is 1. The summed E-state index contributed by atoms with van der Waals surface area (Å²) >= 11 is 0. The van der Waals surface area contributed by atoms with Gasteiger partial charge in [0, 0.05) is 31.4 Å². The number of nitrogens with zero attached hydrogens (tertiary/aromatic N) is 3. The number of imidazole rings is 1. The third-order valence-electron chi connectivity index (χ3n) is 4.09. The first-order valence-corrected chi connectivity index (χ1v) is 8.23. The molecule has 0 unspecified atom stereocenters. The SMILES string of the molecule is C[C@H]1CN(C(=O)OC(C)(C)C)CCN1c1ccc2nc(N)[nH]c2c1. The van der Waals surface area contributed by atoms with Gasteiger partial charge in [0.1, 0.15) is 5.60 Å². The summed E-state index contributed by atoms with van der Waals surface area (Å²) in [6.45, 7) is 9.81. The zero-order valence-electron chi connectivity index (χ0n) is 14.7. The molecule has 3 N–H and O–H groups in total. The number of hydrogen-bond donors (Lipinski definition) is 2. The second kappa shape index (κ2) is 5.89. The van der Waals surface area contributed by atoms with Crippen LogP contribution < -0.4 is 10.6 Å². The van der Waals surface area contributed by atoms with E-state index in [2.05, 4.69) is 27.9 Å². The van der Waals surface area contributed by atoms with Gasteiger partial charge in [-0.1, -0.05) is 0 Å². The summed E-state index contributed by atoms with van der Waals surface area (Å²) in [5, 5.41) is 0. The number of nitrogen functional groups attached to an aromatic ring is 1. The summed E-state index contributed by atoms with van der Waals surface area (Å²) in [5.74, 6) is 0.421. The van der Waals surface area contributed by atoms with Crippen molar-refractivity contribution in [1.82, 2.24) is 14.9 Å². The molecule has 0 aliphatic carbocycles. The summed E-state index contributed by atoms with van der Waals surface area (Å²) in [6.07, 6.45) is -0.245. The Morgan fingerprint density at radius 2 is 2.12 bits per heavy atom. The highest BCUT2D eigenvalue weighted by atomic mass is 16.6. The number of hydrogen-bond acceptors (Lipinski definition) is 5. The maximum absolute atomic E-state index is 12.2. The molecule has 7 nitrogen and oxygen atoms in total. The van der Waals surface area contributed by atoms with Gasteiger partial charge in [0.05, 0.1) is 11.0 Å². The largest absolute Gasteiger partial charge is 0.444 e. The van der Waals surface area contributed by atoms with Crippen LogP contribution in [0.3, 0.4) is 0 Å². The first-order valence-electron chi connectivity index (χ1n) is 8.23. The highest BCUT2D eigenvalue weighted by Crippen LogP contribution is 2.25. The van der Waals surface area contributed by atoms with Crippen molar-refractivity contribution in [3.8, 4) is 0 Å². The topological polar surface area (TPSA) is 87.5 Å². The molecular formula is C17H25N5O2. The predicted octanol–water partition coefficient (Wildman–Crippen LogP) is 2.59. The fourth-order valence-electron chi connectivity index (χ4n) is 3.03. The van der Waals surface area contributed by atoms with Gasteiger partial charge in [0.2, 0.25) is 0 Å². The minimum atomic E-state index is -0.469. The predicted molar refractivity (Wildman–Crippen MR) is 95.1 cm³/mol. The van der Waals surface area contributed by atoms with E-state index in [1.54, 1.807) is 4.90 Å². The van der Waals surface area contributed by atoms with Crippen LogP contribution in [0, 0.1) is 0 Å². The average molecular weight is 331 g/mol. The van der Waals surface area contributed by atoms with Crippen LogP contribution in [0.25, 0.3) is 11.0 Å². The van der Waals surface area contributed by atoms with Gasteiger partial charge in [-0.05, 0) is 45.9 Å². The molecule has 1 aromatic carbocycles. The van der Waals surface area contributed by atoms with E-state index in [0.29, 0.717) is 19.0 Å². The summed E-state index contributed by atoms with van der Waals surface area (Å²) in [5.41, 5.74) is 8.12. The Morgan fingerprint density at radius 3 is 2.79 bits per heavy atom. The Bertz CT molecular complexity index is 749. The molecule has 0 radical (unpaired) electrons. The molecule has 1 aliphatic rings. The number of carbonyl (C=O) groups is 1. The number of nitrogens with two attached hydrogens (primary N) is 1. The van der Waals surface area contributed by atoms with Crippen LogP contribution in [-0.4, -0.2) is 52.2 Å². The van der Waals surface area contributed by atoms with Gasteiger partial charge in [-0.25, -0.2) is 9.78 Å². The first kappa shape index (κ1) is 16.4. The van der Waals surface area contributed by atoms with Gasteiger partial charge in [-0.2, -0.15) is 0 Å². The molecule has 2 aromatic rings. The van der Waals surface area contributed by atoms with Crippen LogP contribution in [0.5, 0.6) is 0 Å². The van der Waals surface area contributed by atoms with Crippen molar-refractivity contribution in [3.63, 3.8) is 0 Å². The van der Waals surface area contributed by atoms with E-state index in [0.717, 1.165) is 23.3 Å². The van der Waals surface area contributed by atoms with E-state index in [9.17, 15) is 4.79 Å². The number of amides is 1. The van der Waals surface area contributed by atoms with Crippen molar-refractivity contribution >= 4 is 28.8 Å². The van der Waals surface area contributed by atoms with Gasteiger partial charge in [0.15, 0.2) is 5.95 Å². The van der Waals surface area contributed by atoms with Gasteiger partial charge in [-0.3, -0.25) is 0 Å². The average Bonchev–Trinajstić information content (AvgIpc) is 2.84. The lowest BCUT2D eigenvalue weighted by atomic mass is 10.1. The fraction of sp³-hybridized carbons (Fsp3) is 0.529. The highest BCUT2D eigenvalue weighted by Gasteiger charge is 2.30. The van der Waals surface area contributed by atoms with E-state index in [1.165, 1.54) is 0 Å². The first-order chi connectivity index (χ1) is 11.2.